The number of hydrogen-bond acceptors (Lipinski definition) is 24. The molecule has 3 N–H and O–H groups in total. The van der Waals surface area contributed by atoms with E-state index in [9.17, 15) is 31.5 Å². The Morgan fingerprint density at radius 3 is 1.16 bits per heavy atom. The summed E-state index contributed by atoms with van der Waals surface area (Å²) < 4.78 is 431. The van der Waals surface area contributed by atoms with E-state index in [0.717, 1.165) is 26.1 Å². The van der Waals surface area contributed by atoms with Crippen LogP contribution in [0.5, 0.6) is 34.5 Å². The lowest BCUT2D eigenvalue weighted by atomic mass is 10.0. The maximum absolute atomic E-state index is 13.5. The maximum atomic E-state index is 13.5. The van der Waals surface area contributed by atoms with Crippen LogP contribution in [0, 0.1) is 54.8 Å². The fourth-order valence-electron chi connectivity index (χ4n) is 9.90. The molecular weight excluding hydrogens is 1610 g/mol. The fourth-order valence-corrected chi connectivity index (χ4v) is 10.4. The molecule has 6 aromatic heterocycles. The second-order valence-corrected chi connectivity index (χ2v) is 26.1. The molecule has 6 aromatic carbocycles. The molecule has 12 aromatic rings. The number of nitrogens with one attached hydrogen (secondary N) is 3. The van der Waals surface area contributed by atoms with Crippen molar-refractivity contribution in [2.24, 2.45) is 0 Å². The van der Waals surface area contributed by atoms with Crippen molar-refractivity contribution in [2.75, 3.05) is 97.5 Å². The number of pyridine rings is 6. The third kappa shape index (κ3) is 26.8. The van der Waals surface area contributed by atoms with Gasteiger partial charge in [-0.15, -0.1) is 0 Å². The normalized spacial score (nSPS) is 17.9. The molecule has 0 aliphatic carbocycles. The summed E-state index contributed by atoms with van der Waals surface area (Å²) in [5, 5.41) is 34.4. The van der Waals surface area contributed by atoms with Gasteiger partial charge in [-0.2, -0.15) is 15.8 Å². The number of carbonyl (C=O) groups is 3. The van der Waals surface area contributed by atoms with E-state index in [1.807, 2.05) is 0 Å². The van der Waals surface area contributed by atoms with Crippen LogP contribution in [0.2, 0.25) is 15.1 Å². The zero-order valence-corrected chi connectivity index (χ0v) is 68.4. The smallest absolute Gasteiger partial charge is 0.159 e. The van der Waals surface area contributed by atoms with Gasteiger partial charge in [0, 0.05) is 153 Å². The van der Waals surface area contributed by atoms with Crippen LogP contribution in [0.1, 0.15) is 154 Å². The van der Waals surface area contributed by atoms with Crippen molar-refractivity contribution in [1.82, 2.24) is 44.6 Å². The molecule has 0 bridgehead atoms. The van der Waals surface area contributed by atoms with E-state index in [0.29, 0.717) is 6.08 Å². The molecule has 27 heteroatoms. The first-order valence-electron chi connectivity index (χ1n) is 59.4. The Morgan fingerprint density at radius 1 is 0.472 bits per heavy atom. The van der Waals surface area contributed by atoms with E-state index >= 15 is 0 Å². The molecule has 0 aliphatic rings. The number of carbonyl (C=O) groups excluding carboxylic acids is 3. The Balaban J connectivity index is 0.000000259. The van der Waals surface area contributed by atoms with E-state index in [4.69, 9.17) is 128 Å². The topological polar surface area (TPSA) is 301 Å². The Bertz CT molecular complexity index is 8680. The highest BCUT2D eigenvalue weighted by Crippen LogP contribution is 2.41. The number of benzene rings is 6. The van der Waals surface area contributed by atoms with E-state index < -0.39 is 387 Å². The number of nitrogens with zero attached hydrogens (tertiary/aromatic N) is 12. The number of hydrogen-bond donors (Lipinski definition) is 3. The molecule has 630 valence electrons. The second-order valence-electron chi connectivity index (χ2n) is 25.0. The first-order valence-corrected chi connectivity index (χ1v) is 36.5. The zero-order valence-electron chi connectivity index (χ0n) is 114. The molecule has 24 nitrogen and oxygen atoms in total. The van der Waals surface area contributed by atoms with Gasteiger partial charge in [-0.25, -0.2) is 0 Å². The van der Waals surface area contributed by atoms with Gasteiger partial charge in [0.2, 0.25) is 0 Å². The first-order chi connectivity index (χ1) is 78.5. The van der Waals surface area contributed by atoms with E-state index in [2.05, 4.69) is 45.9 Å². The number of fused-ring (bicyclic) bond motifs is 3. The highest BCUT2D eigenvalue weighted by molar-refractivity contribution is 6.33. The lowest BCUT2D eigenvalue weighted by Crippen LogP contribution is -2.11. The number of aryl methyl sites for hydroxylation is 3. The fraction of sp³-hybridized carbons (Fsp3) is 0.250. The third-order valence-corrected chi connectivity index (χ3v) is 15.9. The lowest BCUT2D eigenvalue weighted by molar-refractivity contribution is -0.114. The quantitative estimate of drug-likeness (QED) is 0.0307. The van der Waals surface area contributed by atoms with E-state index in [1.165, 1.54) is 20.8 Å². The van der Waals surface area contributed by atoms with Gasteiger partial charge in [0.1, 0.15) is 72.4 Å². The minimum absolute atomic E-state index is 0.0149. The molecule has 0 aliphatic heterocycles. The molecule has 0 unspecified atom stereocenters. The minimum Gasteiger partial charge on any atom is -0.494 e. The van der Waals surface area contributed by atoms with Gasteiger partial charge in [-0.1, -0.05) is 71.1 Å². The van der Waals surface area contributed by atoms with Crippen LogP contribution in [0.15, 0.2) is 200 Å². The summed E-state index contributed by atoms with van der Waals surface area (Å²) in [5.41, 5.74) is -10.8. The Morgan fingerprint density at radius 2 is 0.829 bits per heavy atom. The number of aromatic nitrogens is 6. The van der Waals surface area contributed by atoms with Crippen LogP contribution in [-0.2, 0) is 53.3 Å². The van der Waals surface area contributed by atoms with Crippen molar-refractivity contribution >= 4 is 119 Å². The number of allylic oxidation sites excluding steroid dienone is 3. The van der Waals surface area contributed by atoms with Crippen molar-refractivity contribution in [3.8, 4) is 52.7 Å². The molecule has 0 atom stereocenters. The van der Waals surface area contributed by atoms with Crippen molar-refractivity contribution in [1.29, 1.82) is 15.8 Å². The largest absolute Gasteiger partial charge is 0.494 e. The lowest BCUT2D eigenvalue weighted by Gasteiger charge is -2.16. The van der Waals surface area contributed by atoms with Crippen LogP contribution in [0.25, 0.3) is 32.7 Å². The number of ether oxygens (including phenoxy) is 6. The van der Waals surface area contributed by atoms with Crippen LogP contribution < -0.4 is 44.4 Å². The van der Waals surface area contributed by atoms with Gasteiger partial charge in [-0.05, 0) is 211 Å². The summed E-state index contributed by atoms with van der Waals surface area (Å²) in [7, 11) is 7.61. The predicted octanol–water partition coefficient (Wildman–Crippen LogP) is 19.2. The molecule has 0 amide bonds. The van der Waals surface area contributed by atoms with Crippen molar-refractivity contribution in [3.63, 3.8) is 0 Å². The monoisotopic (exact) mass is 1760 g/mol. The number of likely N-dealkylation sites (N-methyl/N-ethyl adjacent to an activating group) is 3. The SMILES string of the molecule is [2H]/C(=C\C(=O)Cc1c(OC([2H])([2H])C)c([2H])c2nc([2H])c(C#N)c(Nc3c([2H])c([2H])c(OC([2H])([2H])c4nc(C)c([2H])c([2H])c4[2H])c(Cl)c3[2H])c2c1[2H])CN(C)C.[2H]/C(=C\C(=O)Cc1c(OCC)c([2H])c2nc([2H])c(C#N)c(Nc3c([2H])c([2H])c(OC([2H])([2H])c4nc(C)c([2H])c([2H])c4[2H])c(Cl)c3[2H])c2c1[2H])CN(C)C.[2H]/C(=C\C([2H])([2H])N(C)C([2H])([2H])[2H])C(=O)Cc1c(OC([2H])([2H])C([2H])([2H])[2H])c([2H])c2nc([2H])c(C#N)c(Nc3c([2H])c([2H])c(OC([2H])([2H])c4nc(C)c([2H])c([2H])c4[2H])c(Cl)c3[2H])c2c1[2H]. The molecular formula is C96H96Cl3N15O9. The summed E-state index contributed by atoms with van der Waals surface area (Å²) in [4.78, 5) is 66.7. The van der Waals surface area contributed by atoms with Crippen molar-refractivity contribution in [3.05, 3.63) is 283 Å². The first kappa shape index (κ1) is 46.6. The van der Waals surface area contributed by atoms with Crippen LogP contribution in [0.3, 0.4) is 0 Å². The zero-order chi connectivity index (χ0) is 130. The average molecular weight is 1760 g/mol. The van der Waals surface area contributed by atoms with Gasteiger partial charge in [0.25, 0.3) is 0 Å². The molecule has 0 saturated carbocycles. The van der Waals surface area contributed by atoms with Gasteiger partial charge < -0.3 is 59.1 Å². The highest BCUT2D eigenvalue weighted by atomic mass is 35.5. The number of halogens is 3. The summed E-state index contributed by atoms with van der Waals surface area (Å²) in [6.07, 6.45) is -2.45. The molecule has 6 heterocycles. The highest BCUT2D eigenvalue weighted by Gasteiger charge is 2.22. The molecule has 0 spiro atoms. The molecule has 0 fully saturated rings. The van der Waals surface area contributed by atoms with Gasteiger partial charge in [0.15, 0.2) is 17.3 Å². The third-order valence-electron chi connectivity index (χ3n) is 15.1. The molecule has 0 saturated heterocycles. The maximum Gasteiger partial charge on any atom is 0.159 e. The van der Waals surface area contributed by atoms with Crippen LogP contribution in [0.4, 0.5) is 34.1 Å². The summed E-state index contributed by atoms with van der Waals surface area (Å²) >= 11 is 19.3. The minimum atomic E-state index is -3.66. The molecule has 123 heavy (non-hydrogen) atoms. The molecule has 0 radical (unpaired) electrons. The summed E-state index contributed by atoms with van der Waals surface area (Å²) in [6.45, 7) is -18.2. The van der Waals surface area contributed by atoms with Gasteiger partial charge in [0.05, 0.1) is 157 Å². The number of anilines is 6. The van der Waals surface area contributed by atoms with E-state index in [-0.39, 0.29) is 92.6 Å². The van der Waals surface area contributed by atoms with Crippen molar-refractivity contribution < 1.29 is 109 Å². The van der Waals surface area contributed by atoms with Gasteiger partial charge >= 0.3 is 0 Å². The summed E-state index contributed by atoms with van der Waals surface area (Å²) in [5.74, 6) is -7.19. The standard InChI is InChI=1S/3C32H32ClN5O3/c3*1-5-40-31-17-29-27(15-22(31)14-26(39)10-7-13-38(3)4)32(23(18-34)19-35-29)37-24-11-12-30(28(33)16-24)41-20-25-9-6-8-21(2)36-25/h3*6-12,15-17,19H,5,13-14,20H2,1-4H3,(H,35,37)/b3*10-7+/i1D3,3D3,5D2,6D,8D,9D,10D,11D,12D,13D2,15D,16D,17D,19D,20D2;5D2,6D,7D,8D,9D,11D,12D,15D,16D,17D,19D,20D2;6D,7D,8D,9D,11D,12D,15D,16D,17D,19D,20D2. The molecule has 12 rings (SSSR count). The average Bonchev–Trinajstić information content (AvgIpc) is 0.732. The van der Waals surface area contributed by atoms with E-state index in [1.54, 1.807) is 63.1 Å². The number of rotatable bonds is 36. The predicted molar refractivity (Wildman–Crippen MR) is 486 cm³/mol. The Kier molecular flexibility index (Phi) is 17.2. The second kappa shape index (κ2) is 45.3. The van der Waals surface area contributed by atoms with Crippen LogP contribution >= 0.6 is 34.8 Å². The summed E-state index contributed by atoms with van der Waals surface area (Å²) in [6, 6.07) is -14.1. The van der Waals surface area contributed by atoms with Crippen LogP contribution in [-0.4, -0.2) is 143 Å². The number of nitriles is 3. The Labute approximate surface area is 799 Å². The number of ketones is 3. The van der Waals surface area contributed by atoms with Crippen molar-refractivity contribution in [2.45, 2.75) is 80.4 Å². The Hall–Kier alpha value is -13.4. The van der Waals surface area contributed by atoms with Gasteiger partial charge in [-0.3, -0.25) is 44.3 Å².